The predicted octanol–water partition coefficient (Wildman–Crippen LogP) is 2.62. The highest BCUT2D eigenvalue weighted by atomic mass is 15.3. The Morgan fingerprint density at radius 3 is 2.70 bits per heavy atom. The molecule has 0 aromatic heterocycles. The standard InChI is InChI=1S/C17H23N3/c1-14-12-20(17-7-4-8-17)10-9-19(14)13-16-6-3-2-5-15(16)11-18/h2-3,5-6,14,17H,4,7-10,12-13H2,1H3. The molecule has 1 saturated carbocycles. The van der Waals surface area contributed by atoms with Crippen molar-refractivity contribution in [3.63, 3.8) is 0 Å². The SMILES string of the molecule is CC1CN(C2CCC2)CCN1Cc1ccccc1C#N. The number of rotatable bonds is 3. The lowest BCUT2D eigenvalue weighted by Crippen LogP contribution is -2.55. The molecule has 20 heavy (non-hydrogen) atoms. The van der Waals surface area contributed by atoms with E-state index in [0.717, 1.165) is 24.7 Å². The van der Waals surface area contributed by atoms with Gasteiger partial charge in [0.2, 0.25) is 0 Å². The van der Waals surface area contributed by atoms with Gasteiger partial charge in [0, 0.05) is 38.3 Å². The summed E-state index contributed by atoms with van der Waals surface area (Å²) >= 11 is 0. The monoisotopic (exact) mass is 269 g/mol. The van der Waals surface area contributed by atoms with Crippen LogP contribution < -0.4 is 0 Å². The lowest BCUT2D eigenvalue weighted by atomic mass is 9.90. The van der Waals surface area contributed by atoms with Gasteiger partial charge in [0.05, 0.1) is 11.6 Å². The van der Waals surface area contributed by atoms with Crippen molar-refractivity contribution in [3.05, 3.63) is 35.4 Å². The zero-order chi connectivity index (χ0) is 13.9. The van der Waals surface area contributed by atoms with Gasteiger partial charge in [0.1, 0.15) is 0 Å². The second kappa shape index (κ2) is 5.95. The third-order valence-corrected chi connectivity index (χ3v) is 4.90. The molecule has 0 radical (unpaired) electrons. The van der Waals surface area contributed by atoms with Gasteiger partial charge in [0.25, 0.3) is 0 Å². The average Bonchev–Trinajstić information content (AvgIpc) is 2.40. The van der Waals surface area contributed by atoms with Gasteiger partial charge in [-0.2, -0.15) is 5.26 Å². The maximum atomic E-state index is 9.19. The number of benzene rings is 1. The second-order valence-electron chi connectivity index (χ2n) is 6.17. The molecule has 3 rings (SSSR count). The van der Waals surface area contributed by atoms with Crippen molar-refractivity contribution >= 4 is 0 Å². The number of piperazine rings is 1. The first-order chi connectivity index (χ1) is 9.78. The van der Waals surface area contributed by atoms with E-state index in [1.54, 1.807) is 0 Å². The highest BCUT2D eigenvalue weighted by Crippen LogP contribution is 2.27. The molecule has 106 valence electrons. The van der Waals surface area contributed by atoms with Crippen molar-refractivity contribution in [1.29, 1.82) is 5.26 Å². The van der Waals surface area contributed by atoms with Crippen molar-refractivity contribution in [2.45, 2.75) is 44.8 Å². The molecule has 3 nitrogen and oxygen atoms in total. The summed E-state index contributed by atoms with van der Waals surface area (Å²) in [4.78, 5) is 5.19. The third kappa shape index (κ3) is 2.72. The van der Waals surface area contributed by atoms with Crippen LogP contribution in [0.25, 0.3) is 0 Å². The fourth-order valence-electron chi connectivity index (χ4n) is 3.33. The first-order valence-electron chi connectivity index (χ1n) is 7.74. The summed E-state index contributed by atoms with van der Waals surface area (Å²) in [6, 6.07) is 11.7. The molecule has 2 aliphatic rings. The number of nitriles is 1. The minimum Gasteiger partial charge on any atom is -0.298 e. The fraction of sp³-hybridized carbons (Fsp3) is 0.588. The van der Waals surface area contributed by atoms with Gasteiger partial charge in [-0.15, -0.1) is 0 Å². The van der Waals surface area contributed by atoms with Crippen LogP contribution in [0.5, 0.6) is 0 Å². The molecule has 0 spiro atoms. The molecule has 1 aliphatic carbocycles. The molecule has 0 amide bonds. The molecule has 1 atom stereocenters. The topological polar surface area (TPSA) is 30.3 Å². The summed E-state index contributed by atoms with van der Waals surface area (Å²) in [7, 11) is 0. The summed E-state index contributed by atoms with van der Waals surface area (Å²) in [5, 5.41) is 9.19. The molecule has 3 heteroatoms. The lowest BCUT2D eigenvalue weighted by Gasteiger charge is -2.46. The molecular formula is C17H23N3. The van der Waals surface area contributed by atoms with Crippen LogP contribution >= 0.6 is 0 Å². The van der Waals surface area contributed by atoms with Crippen LogP contribution in [0.2, 0.25) is 0 Å². The van der Waals surface area contributed by atoms with Crippen LogP contribution in [-0.2, 0) is 6.54 Å². The molecule has 1 heterocycles. The Hall–Kier alpha value is -1.37. The van der Waals surface area contributed by atoms with Gasteiger partial charge in [-0.25, -0.2) is 0 Å². The Morgan fingerprint density at radius 1 is 1.25 bits per heavy atom. The quantitative estimate of drug-likeness (QED) is 0.845. The van der Waals surface area contributed by atoms with E-state index in [2.05, 4.69) is 28.9 Å². The lowest BCUT2D eigenvalue weighted by molar-refractivity contribution is 0.0261. The van der Waals surface area contributed by atoms with E-state index in [0.29, 0.717) is 6.04 Å². The maximum absolute atomic E-state index is 9.19. The molecule has 1 aliphatic heterocycles. The molecule has 0 bridgehead atoms. The highest BCUT2D eigenvalue weighted by Gasteiger charge is 2.31. The third-order valence-electron chi connectivity index (χ3n) is 4.90. The average molecular weight is 269 g/mol. The molecule has 0 N–H and O–H groups in total. The van der Waals surface area contributed by atoms with Crippen LogP contribution in [-0.4, -0.2) is 41.5 Å². The van der Waals surface area contributed by atoms with Crippen molar-refractivity contribution in [3.8, 4) is 6.07 Å². The Labute approximate surface area is 121 Å². The number of nitrogens with zero attached hydrogens (tertiary/aromatic N) is 3. The molecule has 1 aromatic carbocycles. The highest BCUT2D eigenvalue weighted by molar-refractivity contribution is 5.37. The Balaban J connectivity index is 1.62. The molecular weight excluding hydrogens is 246 g/mol. The van der Waals surface area contributed by atoms with Gasteiger partial charge < -0.3 is 0 Å². The summed E-state index contributed by atoms with van der Waals surface area (Å²) in [5.41, 5.74) is 1.99. The fourth-order valence-corrected chi connectivity index (χ4v) is 3.33. The van der Waals surface area contributed by atoms with Crippen molar-refractivity contribution in [2.24, 2.45) is 0 Å². The van der Waals surface area contributed by atoms with Crippen LogP contribution in [0.15, 0.2) is 24.3 Å². The van der Waals surface area contributed by atoms with E-state index in [9.17, 15) is 5.26 Å². The molecule has 1 aromatic rings. The first kappa shape index (κ1) is 13.6. The van der Waals surface area contributed by atoms with E-state index >= 15 is 0 Å². The largest absolute Gasteiger partial charge is 0.298 e. The van der Waals surface area contributed by atoms with E-state index in [4.69, 9.17) is 0 Å². The Morgan fingerprint density at radius 2 is 2.05 bits per heavy atom. The minimum atomic E-state index is 0.580. The van der Waals surface area contributed by atoms with Crippen molar-refractivity contribution < 1.29 is 0 Å². The van der Waals surface area contributed by atoms with Gasteiger partial charge in [0.15, 0.2) is 0 Å². The van der Waals surface area contributed by atoms with Crippen LogP contribution in [0.4, 0.5) is 0 Å². The van der Waals surface area contributed by atoms with Crippen LogP contribution in [0.1, 0.15) is 37.3 Å². The maximum Gasteiger partial charge on any atom is 0.0995 e. The van der Waals surface area contributed by atoms with E-state index in [1.165, 1.54) is 37.9 Å². The van der Waals surface area contributed by atoms with E-state index in [1.807, 2.05) is 18.2 Å². The Bertz CT molecular complexity index is 501. The molecule has 1 saturated heterocycles. The van der Waals surface area contributed by atoms with Gasteiger partial charge in [-0.05, 0) is 31.4 Å². The van der Waals surface area contributed by atoms with Crippen molar-refractivity contribution in [2.75, 3.05) is 19.6 Å². The number of hydrogen-bond donors (Lipinski definition) is 0. The summed E-state index contributed by atoms with van der Waals surface area (Å²) in [5.74, 6) is 0. The summed E-state index contributed by atoms with van der Waals surface area (Å²) in [6.07, 6.45) is 4.20. The predicted molar refractivity (Wildman–Crippen MR) is 80.2 cm³/mol. The van der Waals surface area contributed by atoms with Gasteiger partial charge in [-0.3, -0.25) is 9.80 Å². The minimum absolute atomic E-state index is 0.580. The first-order valence-corrected chi connectivity index (χ1v) is 7.74. The van der Waals surface area contributed by atoms with Gasteiger partial charge >= 0.3 is 0 Å². The second-order valence-corrected chi connectivity index (χ2v) is 6.17. The summed E-state index contributed by atoms with van der Waals surface area (Å²) in [6.45, 7) is 6.71. The normalized spacial score (nSPS) is 25.1. The zero-order valence-electron chi connectivity index (χ0n) is 12.3. The summed E-state index contributed by atoms with van der Waals surface area (Å²) < 4.78 is 0. The van der Waals surface area contributed by atoms with Crippen molar-refractivity contribution in [1.82, 2.24) is 9.80 Å². The van der Waals surface area contributed by atoms with Crippen LogP contribution in [0, 0.1) is 11.3 Å². The smallest absolute Gasteiger partial charge is 0.0995 e. The molecule has 2 fully saturated rings. The van der Waals surface area contributed by atoms with E-state index in [-0.39, 0.29) is 0 Å². The zero-order valence-corrected chi connectivity index (χ0v) is 12.3. The van der Waals surface area contributed by atoms with E-state index < -0.39 is 0 Å². The molecule has 1 unspecified atom stereocenters. The Kier molecular flexibility index (Phi) is 4.05. The van der Waals surface area contributed by atoms with Crippen LogP contribution in [0.3, 0.4) is 0 Å². The number of hydrogen-bond acceptors (Lipinski definition) is 3. The van der Waals surface area contributed by atoms with Gasteiger partial charge in [-0.1, -0.05) is 24.6 Å².